The first-order chi connectivity index (χ1) is 9.21. The molecule has 0 heterocycles. The number of rotatable bonds is 9. The molecule has 0 aliphatic carbocycles. The predicted octanol–water partition coefficient (Wildman–Crippen LogP) is 5.66. The van der Waals surface area contributed by atoms with Crippen LogP contribution in [0.2, 0.25) is 0 Å². The quantitative estimate of drug-likeness (QED) is 0.531. The summed E-state index contributed by atoms with van der Waals surface area (Å²) >= 11 is 3.58. The molecule has 2 atom stereocenters. The van der Waals surface area contributed by atoms with E-state index in [0.717, 1.165) is 11.9 Å². The molecule has 1 rings (SSSR count). The lowest BCUT2D eigenvalue weighted by molar-refractivity contribution is 0.0393. The molecule has 2 unspecified atom stereocenters. The number of hydrogen-bond acceptors (Lipinski definition) is 1. The van der Waals surface area contributed by atoms with Gasteiger partial charge in [0.05, 0.1) is 12.7 Å². The fourth-order valence-electron chi connectivity index (χ4n) is 2.25. The molecule has 1 nitrogen and oxygen atoms in total. The zero-order valence-corrected chi connectivity index (χ0v) is 14.1. The lowest BCUT2D eigenvalue weighted by Gasteiger charge is -2.21. The summed E-state index contributed by atoms with van der Waals surface area (Å²) in [6, 6.07) is 8.62. The van der Waals surface area contributed by atoms with Crippen molar-refractivity contribution in [3.05, 3.63) is 35.4 Å². The third-order valence-electron chi connectivity index (χ3n) is 3.63. The Labute approximate surface area is 126 Å². The molecule has 0 N–H and O–H groups in total. The number of ether oxygens (including phenoxy) is 1. The molecule has 0 aliphatic rings. The number of alkyl halides is 1. The molecule has 19 heavy (non-hydrogen) atoms. The van der Waals surface area contributed by atoms with E-state index in [9.17, 15) is 0 Å². The van der Waals surface area contributed by atoms with Crippen molar-refractivity contribution in [2.24, 2.45) is 5.92 Å². The molecule has 0 spiro atoms. The van der Waals surface area contributed by atoms with Crippen LogP contribution in [0, 0.1) is 12.8 Å². The second-order valence-corrected chi connectivity index (χ2v) is 5.95. The highest BCUT2D eigenvalue weighted by atomic mass is 79.9. The van der Waals surface area contributed by atoms with E-state index in [0.29, 0.717) is 5.92 Å². The van der Waals surface area contributed by atoms with Gasteiger partial charge in [-0.15, -0.1) is 0 Å². The van der Waals surface area contributed by atoms with Crippen LogP contribution in [-0.2, 0) is 4.74 Å². The summed E-state index contributed by atoms with van der Waals surface area (Å²) < 4.78 is 6.14. The Balaban J connectivity index is 2.52. The second-order valence-electron chi connectivity index (χ2n) is 5.31. The van der Waals surface area contributed by atoms with Crippen LogP contribution >= 0.6 is 15.9 Å². The average molecular weight is 327 g/mol. The Morgan fingerprint density at radius 1 is 1.26 bits per heavy atom. The molecule has 0 bridgehead atoms. The van der Waals surface area contributed by atoms with Gasteiger partial charge in [0.15, 0.2) is 0 Å². The first-order valence-electron chi connectivity index (χ1n) is 7.45. The lowest BCUT2D eigenvalue weighted by atomic mass is 10.0. The SMILES string of the molecule is CCCCC(CC)COC(CBr)c1cccc(C)c1. The molecule has 0 saturated carbocycles. The number of hydrogen-bond donors (Lipinski definition) is 0. The van der Waals surface area contributed by atoms with E-state index >= 15 is 0 Å². The first-order valence-corrected chi connectivity index (χ1v) is 8.57. The Morgan fingerprint density at radius 2 is 2.05 bits per heavy atom. The summed E-state index contributed by atoms with van der Waals surface area (Å²) in [6.45, 7) is 7.52. The van der Waals surface area contributed by atoms with E-state index < -0.39 is 0 Å². The summed E-state index contributed by atoms with van der Waals surface area (Å²) in [6.07, 6.45) is 5.26. The number of benzene rings is 1. The molecule has 1 aromatic rings. The first kappa shape index (κ1) is 16.7. The van der Waals surface area contributed by atoms with Gasteiger partial charge in [-0.25, -0.2) is 0 Å². The minimum Gasteiger partial charge on any atom is -0.372 e. The highest BCUT2D eigenvalue weighted by Gasteiger charge is 2.14. The van der Waals surface area contributed by atoms with Crippen molar-refractivity contribution in [3.8, 4) is 0 Å². The van der Waals surface area contributed by atoms with Crippen LogP contribution in [0.1, 0.15) is 56.8 Å². The van der Waals surface area contributed by atoms with Crippen molar-refractivity contribution in [3.63, 3.8) is 0 Å². The third-order valence-corrected chi connectivity index (χ3v) is 4.22. The minimum atomic E-state index is 0.176. The van der Waals surface area contributed by atoms with Crippen molar-refractivity contribution in [1.29, 1.82) is 0 Å². The standard InChI is InChI=1S/C17H27BrO/c1-4-6-9-15(5-2)13-19-17(12-18)16-10-7-8-14(3)11-16/h7-8,10-11,15,17H,4-6,9,12-13H2,1-3H3. The van der Waals surface area contributed by atoms with E-state index in [1.807, 2.05) is 0 Å². The zero-order valence-electron chi connectivity index (χ0n) is 12.5. The summed E-state index contributed by atoms with van der Waals surface area (Å²) in [5, 5.41) is 0.862. The van der Waals surface area contributed by atoms with Gasteiger partial charge in [-0.2, -0.15) is 0 Å². The van der Waals surface area contributed by atoms with Gasteiger partial charge in [0, 0.05) is 5.33 Å². The van der Waals surface area contributed by atoms with E-state index in [1.165, 1.54) is 36.8 Å². The molecular formula is C17H27BrO. The number of halogens is 1. The fourth-order valence-corrected chi connectivity index (χ4v) is 2.81. The largest absolute Gasteiger partial charge is 0.372 e. The van der Waals surface area contributed by atoms with Crippen LogP contribution in [0.15, 0.2) is 24.3 Å². The smallest absolute Gasteiger partial charge is 0.0921 e. The molecule has 0 amide bonds. The molecule has 0 radical (unpaired) electrons. The van der Waals surface area contributed by atoms with Crippen LogP contribution in [0.5, 0.6) is 0 Å². The van der Waals surface area contributed by atoms with Gasteiger partial charge in [-0.3, -0.25) is 0 Å². The molecule has 0 fully saturated rings. The van der Waals surface area contributed by atoms with E-state index in [4.69, 9.17) is 4.74 Å². The average Bonchev–Trinajstić information content (AvgIpc) is 2.43. The Morgan fingerprint density at radius 3 is 2.63 bits per heavy atom. The van der Waals surface area contributed by atoms with Crippen molar-refractivity contribution < 1.29 is 4.74 Å². The number of unbranched alkanes of at least 4 members (excludes halogenated alkanes) is 1. The van der Waals surface area contributed by atoms with Gasteiger partial charge in [-0.05, 0) is 24.8 Å². The molecule has 2 heteroatoms. The normalized spacial score (nSPS) is 14.3. The predicted molar refractivity (Wildman–Crippen MR) is 87.0 cm³/mol. The maximum atomic E-state index is 6.14. The summed E-state index contributed by atoms with van der Waals surface area (Å²) in [4.78, 5) is 0. The van der Waals surface area contributed by atoms with Crippen LogP contribution in [0.25, 0.3) is 0 Å². The molecule has 108 valence electrons. The maximum absolute atomic E-state index is 6.14. The molecular weight excluding hydrogens is 300 g/mol. The Hall–Kier alpha value is -0.340. The van der Waals surface area contributed by atoms with Crippen LogP contribution < -0.4 is 0 Å². The monoisotopic (exact) mass is 326 g/mol. The van der Waals surface area contributed by atoms with Crippen LogP contribution in [0.3, 0.4) is 0 Å². The summed E-state index contributed by atoms with van der Waals surface area (Å²) in [5.74, 6) is 0.700. The van der Waals surface area contributed by atoms with Gasteiger partial charge < -0.3 is 4.74 Å². The van der Waals surface area contributed by atoms with Crippen molar-refractivity contribution in [1.82, 2.24) is 0 Å². The minimum absolute atomic E-state index is 0.176. The molecule has 1 aromatic carbocycles. The van der Waals surface area contributed by atoms with Gasteiger partial charge in [0.1, 0.15) is 0 Å². The van der Waals surface area contributed by atoms with Crippen molar-refractivity contribution >= 4 is 15.9 Å². The molecule has 0 aromatic heterocycles. The third kappa shape index (κ3) is 6.09. The highest BCUT2D eigenvalue weighted by molar-refractivity contribution is 9.09. The summed E-state index contributed by atoms with van der Waals surface area (Å²) in [7, 11) is 0. The van der Waals surface area contributed by atoms with Gasteiger partial charge in [-0.1, -0.05) is 78.9 Å². The van der Waals surface area contributed by atoms with E-state index in [1.54, 1.807) is 0 Å². The van der Waals surface area contributed by atoms with Gasteiger partial charge in [0.2, 0.25) is 0 Å². The zero-order chi connectivity index (χ0) is 14.1. The van der Waals surface area contributed by atoms with Crippen molar-refractivity contribution in [2.45, 2.75) is 52.6 Å². The fraction of sp³-hybridized carbons (Fsp3) is 0.647. The highest BCUT2D eigenvalue weighted by Crippen LogP contribution is 2.23. The van der Waals surface area contributed by atoms with E-state index in [-0.39, 0.29) is 6.10 Å². The van der Waals surface area contributed by atoms with Crippen molar-refractivity contribution in [2.75, 3.05) is 11.9 Å². The topological polar surface area (TPSA) is 9.23 Å². The number of aryl methyl sites for hydroxylation is 1. The van der Waals surface area contributed by atoms with E-state index in [2.05, 4.69) is 61.0 Å². The second kappa shape index (κ2) is 9.55. The van der Waals surface area contributed by atoms with Gasteiger partial charge >= 0.3 is 0 Å². The Bertz CT molecular complexity index is 351. The molecule has 0 saturated heterocycles. The van der Waals surface area contributed by atoms with Crippen LogP contribution in [0.4, 0.5) is 0 Å². The molecule has 0 aliphatic heterocycles. The van der Waals surface area contributed by atoms with Gasteiger partial charge in [0.25, 0.3) is 0 Å². The lowest BCUT2D eigenvalue weighted by Crippen LogP contribution is -2.14. The van der Waals surface area contributed by atoms with Crippen LogP contribution in [-0.4, -0.2) is 11.9 Å². The maximum Gasteiger partial charge on any atom is 0.0921 e. The Kier molecular flexibility index (Phi) is 8.40. The summed E-state index contributed by atoms with van der Waals surface area (Å²) in [5.41, 5.74) is 2.58.